The predicted octanol–water partition coefficient (Wildman–Crippen LogP) is 6.65. The third-order valence-corrected chi connectivity index (χ3v) is 8.67. The maximum absolute atomic E-state index is 13.1. The second-order valence-electron chi connectivity index (χ2n) is 13.9. The van der Waals surface area contributed by atoms with Gasteiger partial charge in [-0.25, -0.2) is 14.4 Å². The molecule has 60 heavy (non-hydrogen) atoms. The van der Waals surface area contributed by atoms with E-state index in [1.165, 1.54) is 55.8 Å². The Kier molecular flexibility index (Phi) is 16.2. The fraction of sp³-hybridized carbons (Fsp3) is 0.385. The molecule has 4 aromatic rings. The molecule has 1 aliphatic heterocycles. The number of nitrogens with two attached hydrogens (primary N) is 1. The van der Waals surface area contributed by atoms with Gasteiger partial charge in [-0.1, -0.05) is 0 Å². The molecule has 0 bridgehead atoms. The third kappa shape index (κ3) is 12.4. The number of ketones is 1. The van der Waals surface area contributed by atoms with Crippen molar-refractivity contribution >= 4 is 36.2 Å². The summed E-state index contributed by atoms with van der Waals surface area (Å²) < 4.78 is 90.7. The van der Waals surface area contributed by atoms with Gasteiger partial charge in [-0.2, -0.15) is 26.3 Å². The van der Waals surface area contributed by atoms with Crippen LogP contribution in [-0.4, -0.2) is 92.3 Å². The van der Waals surface area contributed by atoms with Gasteiger partial charge < -0.3 is 25.1 Å². The Hall–Kier alpha value is -5.73. The number of pyridine rings is 4. The number of rotatable bonds is 9. The SMILES string of the molecule is COC(=O)c1cnc(-c2ccc(C(F)(F)F)nc2)cc1CCC(=O)[C@@H]1[C@H](O)CCN1C(=O)OC(C)(C)C.COC(=O)c1cnc(-c2ccc(C(F)(F)F)nc2)cc1CN.Cl. The van der Waals surface area contributed by atoms with E-state index in [4.69, 9.17) is 15.2 Å². The number of carbonyl (C=O) groups excluding carboxylic acids is 4. The van der Waals surface area contributed by atoms with Crippen LogP contribution in [0.1, 0.15) is 76.8 Å². The van der Waals surface area contributed by atoms with E-state index < -0.39 is 65.3 Å². The smallest absolute Gasteiger partial charge is 0.433 e. The van der Waals surface area contributed by atoms with E-state index in [1.54, 1.807) is 20.8 Å². The fourth-order valence-electron chi connectivity index (χ4n) is 5.79. The highest BCUT2D eigenvalue weighted by molar-refractivity contribution is 5.93. The van der Waals surface area contributed by atoms with Gasteiger partial charge in [0.15, 0.2) is 5.78 Å². The standard InChI is InChI=1S/C25H28F3N3O6.C14H12F3N3O2.ClH/c1-24(2,3)37-23(35)31-10-9-19(33)21(31)18(32)7-5-14-11-17(29-13-16(14)22(34)36-4)15-6-8-20(30-12-15)25(26,27)28;1-22-13(21)10-7-19-11(4-9(10)5-18)8-2-3-12(20-6-8)14(15,16)17;/h6,8,11-13,19,21,33H,5,7,9-10H2,1-4H3;2-4,6-7H,5,18H2,1H3;1H/t19-,21-;;/m1../s1. The van der Waals surface area contributed by atoms with Gasteiger partial charge >= 0.3 is 30.4 Å². The molecule has 0 aliphatic carbocycles. The Morgan fingerprint density at radius 3 is 1.63 bits per heavy atom. The predicted molar refractivity (Wildman–Crippen MR) is 203 cm³/mol. The molecule has 1 amide bonds. The van der Waals surface area contributed by atoms with Crippen molar-refractivity contribution < 1.29 is 64.8 Å². The van der Waals surface area contributed by atoms with Gasteiger partial charge in [0.2, 0.25) is 0 Å². The molecule has 1 saturated heterocycles. The lowest BCUT2D eigenvalue weighted by Crippen LogP contribution is -2.47. The molecule has 21 heteroatoms. The summed E-state index contributed by atoms with van der Waals surface area (Å²) >= 11 is 0. The van der Waals surface area contributed by atoms with Gasteiger partial charge in [0, 0.05) is 55.4 Å². The molecule has 0 saturated carbocycles. The molecule has 1 fully saturated rings. The zero-order chi connectivity index (χ0) is 43.9. The first-order valence-electron chi connectivity index (χ1n) is 17.7. The van der Waals surface area contributed by atoms with Crippen molar-refractivity contribution in [1.82, 2.24) is 24.8 Å². The zero-order valence-corrected chi connectivity index (χ0v) is 33.6. The topological polar surface area (TPSA) is 197 Å². The lowest BCUT2D eigenvalue weighted by Gasteiger charge is -2.28. The van der Waals surface area contributed by atoms with E-state index in [0.29, 0.717) is 22.4 Å². The number of aliphatic hydroxyl groups is 1. The number of methoxy groups -OCH3 is 2. The number of alkyl halides is 6. The molecule has 2 atom stereocenters. The highest BCUT2D eigenvalue weighted by atomic mass is 35.5. The van der Waals surface area contributed by atoms with Gasteiger partial charge in [-0.15, -0.1) is 12.4 Å². The van der Waals surface area contributed by atoms with Crippen LogP contribution in [0, 0.1) is 0 Å². The van der Waals surface area contributed by atoms with Crippen LogP contribution in [-0.2, 0) is 44.3 Å². The number of aromatic nitrogens is 4. The minimum Gasteiger partial charge on any atom is -0.465 e. The molecule has 5 heterocycles. The van der Waals surface area contributed by atoms with Gasteiger partial charge in [0.05, 0.1) is 42.8 Å². The Bertz CT molecular complexity index is 2150. The molecule has 14 nitrogen and oxygen atoms in total. The van der Waals surface area contributed by atoms with Crippen LogP contribution in [0.5, 0.6) is 0 Å². The lowest BCUT2D eigenvalue weighted by molar-refractivity contribution is -0.141. The second-order valence-corrected chi connectivity index (χ2v) is 13.9. The Morgan fingerprint density at radius 1 is 0.767 bits per heavy atom. The maximum atomic E-state index is 13.1. The molecule has 324 valence electrons. The van der Waals surface area contributed by atoms with Gasteiger partial charge in [-0.05, 0) is 81.1 Å². The molecular weight excluding hydrogens is 830 g/mol. The van der Waals surface area contributed by atoms with E-state index in [1.807, 2.05) is 0 Å². The van der Waals surface area contributed by atoms with Crippen molar-refractivity contribution in [2.75, 3.05) is 20.8 Å². The number of esters is 2. The summed E-state index contributed by atoms with van der Waals surface area (Å²) in [5.41, 5.74) is 5.16. The van der Waals surface area contributed by atoms with Crippen LogP contribution in [0.4, 0.5) is 31.1 Å². The summed E-state index contributed by atoms with van der Waals surface area (Å²) in [5.74, 6) is -1.71. The van der Waals surface area contributed by atoms with Crippen LogP contribution in [0.25, 0.3) is 22.5 Å². The number of hydrogen-bond donors (Lipinski definition) is 2. The van der Waals surface area contributed by atoms with Crippen molar-refractivity contribution in [2.45, 2.75) is 76.7 Å². The van der Waals surface area contributed by atoms with Crippen LogP contribution < -0.4 is 5.73 Å². The number of aryl methyl sites for hydroxylation is 1. The highest BCUT2D eigenvalue weighted by Crippen LogP contribution is 2.31. The van der Waals surface area contributed by atoms with Crippen molar-refractivity contribution in [2.24, 2.45) is 5.73 Å². The number of Topliss-reactive ketones (excluding diaryl/α,β-unsaturated/α-hetero) is 1. The average molecular weight is 871 g/mol. The molecule has 3 N–H and O–H groups in total. The number of likely N-dealkylation sites (tertiary alicyclic amines) is 1. The Labute approximate surface area is 345 Å². The first-order valence-corrected chi connectivity index (χ1v) is 17.7. The molecular formula is C39H41ClF6N6O8. The number of aliphatic hydroxyl groups excluding tert-OH is 1. The lowest BCUT2D eigenvalue weighted by atomic mass is 9.97. The largest absolute Gasteiger partial charge is 0.465 e. The summed E-state index contributed by atoms with van der Waals surface area (Å²) in [6.45, 7) is 5.29. The summed E-state index contributed by atoms with van der Waals surface area (Å²) in [6, 6.07) is 6.05. The second kappa shape index (κ2) is 20.0. The van der Waals surface area contributed by atoms with E-state index in [9.17, 15) is 50.6 Å². The normalized spacial score (nSPS) is 15.2. The van der Waals surface area contributed by atoms with Crippen LogP contribution in [0.3, 0.4) is 0 Å². The number of amides is 1. The minimum absolute atomic E-state index is 0. The van der Waals surface area contributed by atoms with E-state index in [2.05, 4.69) is 24.7 Å². The van der Waals surface area contributed by atoms with Crippen molar-refractivity contribution in [3.8, 4) is 22.5 Å². The van der Waals surface area contributed by atoms with E-state index in [-0.39, 0.29) is 67.1 Å². The number of hydrogen-bond acceptors (Lipinski definition) is 13. The number of nitrogens with zero attached hydrogens (tertiary/aromatic N) is 5. The third-order valence-electron chi connectivity index (χ3n) is 8.67. The fourth-order valence-corrected chi connectivity index (χ4v) is 5.79. The van der Waals surface area contributed by atoms with E-state index >= 15 is 0 Å². The average Bonchev–Trinajstić information content (AvgIpc) is 3.59. The minimum atomic E-state index is -4.59. The van der Waals surface area contributed by atoms with Crippen molar-refractivity contribution in [1.29, 1.82) is 0 Å². The van der Waals surface area contributed by atoms with Crippen molar-refractivity contribution in [3.05, 3.63) is 94.8 Å². The highest BCUT2D eigenvalue weighted by Gasteiger charge is 2.42. The van der Waals surface area contributed by atoms with E-state index in [0.717, 1.165) is 24.5 Å². The van der Waals surface area contributed by atoms with Crippen LogP contribution in [0.15, 0.2) is 61.2 Å². The van der Waals surface area contributed by atoms with Gasteiger partial charge in [0.25, 0.3) is 0 Å². The summed E-state index contributed by atoms with van der Waals surface area (Å²) in [4.78, 5) is 65.6. The zero-order valence-electron chi connectivity index (χ0n) is 32.8. The molecule has 0 aromatic carbocycles. The maximum Gasteiger partial charge on any atom is 0.433 e. The Balaban J connectivity index is 0.000000357. The van der Waals surface area contributed by atoms with Crippen molar-refractivity contribution in [3.63, 3.8) is 0 Å². The van der Waals surface area contributed by atoms with Crippen LogP contribution >= 0.6 is 12.4 Å². The number of ether oxygens (including phenoxy) is 3. The molecule has 0 radical (unpaired) electrons. The quantitative estimate of drug-likeness (QED) is 0.103. The van der Waals surface area contributed by atoms with Gasteiger partial charge in [-0.3, -0.25) is 29.6 Å². The van der Waals surface area contributed by atoms with Gasteiger partial charge in [0.1, 0.15) is 23.0 Å². The number of halogens is 7. The molecule has 1 aliphatic rings. The first-order chi connectivity index (χ1) is 27.6. The molecule has 5 rings (SSSR count). The number of carbonyl (C=O) groups is 4. The molecule has 0 spiro atoms. The molecule has 0 unspecified atom stereocenters. The van der Waals surface area contributed by atoms with Crippen LogP contribution in [0.2, 0.25) is 0 Å². The monoisotopic (exact) mass is 870 g/mol. The summed E-state index contributed by atoms with van der Waals surface area (Å²) in [5, 5.41) is 10.4. The summed E-state index contributed by atoms with van der Waals surface area (Å²) in [7, 11) is 2.41. The molecule has 4 aromatic heterocycles. The Morgan fingerprint density at radius 2 is 1.23 bits per heavy atom. The summed E-state index contributed by atoms with van der Waals surface area (Å²) in [6.07, 6.45) is -6.18. The first kappa shape index (κ1) is 48.6.